The maximum Gasteiger partial charge on any atom is 0.258 e. The van der Waals surface area contributed by atoms with Gasteiger partial charge in [0.1, 0.15) is 0 Å². The topological polar surface area (TPSA) is 20.3 Å². The standard InChI is InChI=1S/C16H16BrNO/c1-11-4-8-14(9-5-11)18(3)16(19)13-7-6-12(2)15(17)10-13/h4-10H,1-3H3. The average molecular weight is 318 g/mol. The number of carbonyl (C=O) groups is 1. The number of halogens is 1. The molecule has 0 N–H and O–H groups in total. The van der Waals surface area contributed by atoms with Gasteiger partial charge >= 0.3 is 0 Å². The average Bonchev–Trinajstić information content (AvgIpc) is 2.41. The Balaban J connectivity index is 2.28. The molecule has 3 heteroatoms. The molecule has 0 fully saturated rings. The number of anilines is 1. The first-order valence-electron chi connectivity index (χ1n) is 6.10. The van der Waals surface area contributed by atoms with E-state index in [4.69, 9.17) is 0 Å². The van der Waals surface area contributed by atoms with Crippen LogP contribution >= 0.6 is 15.9 Å². The number of hydrogen-bond acceptors (Lipinski definition) is 1. The second-order valence-corrected chi connectivity index (χ2v) is 5.52. The predicted molar refractivity (Wildman–Crippen MR) is 82.8 cm³/mol. The van der Waals surface area contributed by atoms with Crippen LogP contribution < -0.4 is 4.90 Å². The molecule has 0 aliphatic heterocycles. The zero-order chi connectivity index (χ0) is 14.0. The molecular formula is C16H16BrNO. The fraction of sp³-hybridized carbons (Fsp3) is 0.188. The van der Waals surface area contributed by atoms with Gasteiger partial charge in [0, 0.05) is 22.8 Å². The Morgan fingerprint density at radius 3 is 2.26 bits per heavy atom. The van der Waals surface area contributed by atoms with Crippen molar-refractivity contribution in [3.05, 3.63) is 63.6 Å². The summed E-state index contributed by atoms with van der Waals surface area (Å²) < 4.78 is 0.954. The molecule has 1 amide bonds. The van der Waals surface area contributed by atoms with Gasteiger partial charge in [-0.2, -0.15) is 0 Å². The van der Waals surface area contributed by atoms with Gasteiger partial charge in [0.05, 0.1) is 0 Å². The van der Waals surface area contributed by atoms with Crippen molar-refractivity contribution in [2.75, 3.05) is 11.9 Å². The second-order valence-electron chi connectivity index (χ2n) is 4.66. The molecule has 2 aromatic rings. The van der Waals surface area contributed by atoms with Crippen molar-refractivity contribution in [3.8, 4) is 0 Å². The van der Waals surface area contributed by atoms with E-state index in [1.807, 2.05) is 56.3 Å². The van der Waals surface area contributed by atoms with Gasteiger partial charge in [-0.3, -0.25) is 4.79 Å². The van der Waals surface area contributed by atoms with E-state index >= 15 is 0 Å². The molecule has 0 atom stereocenters. The number of hydrogen-bond donors (Lipinski definition) is 0. The molecule has 0 saturated carbocycles. The third kappa shape index (κ3) is 3.04. The smallest absolute Gasteiger partial charge is 0.258 e. The van der Waals surface area contributed by atoms with Crippen molar-refractivity contribution in [2.24, 2.45) is 0 Å². The highest BCUT2D eigenvalue weighted by Gasteiger charge is 2.14. The number of carbonyl (C=O) groups excluding carboxylic acids is 1. The van der Waals surface area contributed by atoms with Crippen LogP contribution in [0.3, 0.4) is 0 Å². The minimum Gasteiger partial charge on any atom is -0.311 e. The van der Waals surface area contributed by atoms with E-state index in [1.54, 1.807) is 11.9 Å². The maximum absolute atomic E-state index is 12.4. The van der Waals surface area contributed by atoms with Crippen molar-refractivity contribution in [1.29, 1.82) is 0 Å². The quantitative estimate of drug-likeness (QED) is 0.806. The van der Waals surface area contributed by atoms with Gasteiger partial charge in [0.25, 0.3) is 5.91 Å². The summed E-state index contributed by atoms with van der Waals surface area (Å²) in [7, 11) is 1.79. The lowest BCUT2D eigenvalue weighted by Crippen LogP contribution is -2.26. The molecule has 0 aliphatic rings. The normalized spacial score (nSPS) is 10.3. The lowest BCUT2D eigenvalue weighted by molar-refractivity contribution is 0.0993. The predicted octanol–water partition coefficient (Wildman–Crippen LogP) is 4.34. The summed E-state index contributed by atoms with van der Waals surface area (Å²) in [6, 6.07) is 13.6. The monoisotopic (exact) mass is 317 g/mol. The van der Waals surface area contributed by atoms with Crippen LogP contribution in [0.25, 0.3) is 0 Å². The molecule has 0 aliphatic carbocycles. The van der Waals surface area contributed by atoms with Crippen molar-refractivity contribution in [1.82, 2.24) is 0 Å². The molecule has 0 unspecified atom stereocenters. The Bertz CT molecular complexity index is 605. The molecule has 0 heterocycles. The molecule has 19 heavy (non-hydrogen) atoms. The van der Waals surface area contributed by atoms with Crippen LogP contribution in [0.15, 0.2) is 46.9 Å². The summed E-state index contributed by atoms with van der Waals surface area (Å²) in [4.78, 5) is 14.1. The molecule has 98 valence electrons. The maximum atomic E-state index is 12.4. The summed E-state index contributed by atoms with van der Waals surface area (Å²) in [5, 5.41) is 0. The van der Waals surface area contributed by atoms with Gasteiger partial charge in [0.2, 0.25) is 0 Å². The fourth-order valence-corrected chi connectivity index (χ4v) is 2.18. The Morgan fingerprint density at radius 1 is 1.05 bits per heavy atom. The summed E-state index contributed by atoms with van der Waals surface area (Å²) in [5.74, 6) is -0.00967. The molecular weight excluding hydrogens is 302 g/mol. The third-order valence-corrected chi connectivity index (χ3v) is 4.00. The SMILES string of the molecule is Cc1ccc(N(C)C(=O)c2ccc(C)c(Br)c2)cc1. The first-order chi connectivity index (χ1) is 8.99. The minimum atomic E-state index is -0.00967. The highest BCUT2D eigenvalue weighted by Crippen LogP contribution is 2.21. The zero-order valence-corrected chi connectivity index (χ0v) is 12.9. The Morgan fingerprint density at radius 2 is 1.68 bits per heavy atom. The van der Waals surface area contributed by atoms with Crippen LogP contribution in [0.1, 0.15) is 21.5 Å². The largest absolute Gasteiger partial charge is 0.311 e. The number of aryl methyl sites for hydroxylation is 2. The minimum absolute atomic E-state index is 0.00967. The molecule has 0 radical (unpaired) electrons. The Hall–Kier alpha value is -1.61. The van der Waals surface area contributed by atoms with Gasteiger partial charge in [-0.05, 0) is 43.7 Å². The summed E-state index contributed by atoms with van der Waals surface area (Å²) in [5.41, 5.74) is 3.88. The molecule has 0 saturated heterocycles. The van der Waals surface area contributed by atoms with E-state index < -0.39 is 0 Å². The molecule has 2 nitrogen and oxygen atoms in total. The van der Waals surface area contributed by atoms with E-state index in [9.17, 15) is 4.79 Å². The number of rotatable bonds is 2. The van der Waals surface area contributed by atoms with Crippen molar-refractivity contribution in [2.45, 2.75) is 13.8 Å². The van der Waals surface area contributed by atoms with E-state index in [0.29, 0.717) is 5.56 Å². The first-order valence-corrected chi connectivity index (χ1v) is 6.89. The van der Waals surface area contributed by atoms with Crippen LogP contribution in [-0.2, 0) is 0 Å². The number of benzene rings is 2. The second kappa shape index (κ2) is 5.57. The Labute approximate surface area is 122 Å². The van der Waals surface area contributed by atoms with Crippen LogP contribution in [-0.4, -0.2) is 13.0 Å². The van der Waals surface area contributed by atoms with Crippen LogP contribution in [0, 0.1) is 13.8 Å². The van der Waals surface area contributed by atoms with Crippen LogP contribution in [0.2, 0.25) is 0 Å². The van der Waals surface area contributed by atoms with Gasteiger partial charge in [-0.15, -0.1) is 0 Å². The Kier molecular flexibility index (Phi) is 4.05. The zero-order valence-electron chi connectivity index (χ0n) is 11.3. The molecule has 0 bridgehead atoms. The molecule has 2 aromatic carbocycles. The highest BCUT2D eigenvalue weighted by molar-refractivity contribution is 9.10. The lowest BCUT2D eigenvalue weighted by atomic mass is 10.1. The van der Waals surface area contributed by atoms with Crippen LogP contribution in [0.5, 0.6) is 0 Å². The third-order valence-electron chi connectivity index (χ3n) is 3.14. The lowest BCUT2D eigenvalue weighted by Gasteiger charge is -2.18. The van der Waals surface area contributed by atoms with Gasteiger partial charge in [-0.25, -0.2) is 0 Å². The van der Waals surface area contributed by atoms with Crippen molar-refractivity contribution < 1.29 is 4.79 Å². The van der Waals surface area contributed by atoms with E-state index in [2.05, 4.69) is 15.9 Å². The van der Waals surface area contributed by atoms with E-state index in [0.717, 1.165) is 15.7 Å². The van der Waals surface area contributed by atoms with Crippen molar-refractivity contribution >= 4 is 27.5 Å². The van der Waals surface area contributed by atoms with Crippen molar-refractivity contribution in [3.63, 3.8) is 0 Å². The highest BCUT2D eigenvalue weighted by atomic mass is 79.9. The van der Waals surface area contributed by atoms with E-state index in [1.165, 1.54) is 5.56 Å². The van der Waals surface area contributed by atoms with Gasteiger partial charge < -0.3 is 4.90 Å². The van der Waals surface area contributed by atoms with E-state index in [-0.39, 0.29) is 5.91 Å². The summed E-state index contributed by atoms with van der Waals surface area (Å²) in [6.45, 7) is 4.03. The molecule has 0 spiro atoms. The molecule has 2 rings (SSSR count). The van der Waals surface area contributed by atoms with Gasteiger partial charge in [-0.1, -0.05) is 39.7 Å². The van der Waals surface area contributed by atoms with Crippen LogP contribution in [0.4, 0.5) is 5.69 Å². The molecule has 0 aromatic heterocycles. The summed E-state index contributed by atoms with van der Waals surface area (Å²) in [6.07, 6.45) is 0. The first kappa shape index (κ1) is 13.8. The fourth-order valence-electron chi connectivity index (χ4n) is 1.81. The van der Waals surface area contributed by atoms with Gasteiger partial charge in [0.15, 0.2) is 0 Å². The number of nitrogens with zero attached hydrogens (tertiary/aromatic N) is 1. The summed E-state index contributed by atoms with van der Waals surface area (Å²) >= 11 is 3.46. The number of amides is 1.